The number of hydrogen-bond acceptors (Lipinski definition) is 4. The zero-order chi connectivity index (χ0) is 13.8. The van der Waals surface area contributed by atoms with E-state index < -0.39 is 0 Å². The zero-order valence-corrected chi connectivity index (χ0v) is 11.6. The van der Waals surface area contributed by atoms with E-state index in [2.05, 4.69) is 22.0 Å². The van der Waals surface area contributed by atoms with E-state index >= 15 is 0 Å². The van der Waals surface area contributed by atoms with Gasteiger partial charge in [0.05, 0.1) is 12.8 Å². The Morgan fingerprint density at radius 2 is 2.10 bits per heavy atom. The molecule has 0 aliphatic carbocycles. The zero-order valence-electron chi connectivity index (χ0n) is 11.6. The van der Waals surface area contributed by atoms with Crippen molar-refractivity contribution >= 4 is 0 Å². The topological polar surface area (TPSA) is 38.5 Å². The molecule has 1 aliphatic heterocycles. The van der Waals surface area contributed by atoms with Gasteiger partial charge in [-0.1, -0.05) is 12.2 Å². The number of oxazole rings is 1. The molecule has 0 saturated heterocycles. The van der Waals surface area contributed by atoms with E-state index in [0.717, 1.165) is 43.1 Å². The summed E-state index contributed by atoms with van der Waals surface area (Å²) in [5, 5.41) is 0. The molecule has 4 nitrogen and oxygen atoms in total. The Kier molecular flexibility index (Phi) is 3.83. The van der Waals surface area contributed by atoms with Crippen molar-refractivity contribution in [2.24, 2.45) is 0 Å². The average Bonchev–Trinajstić information content (AvgIpc) is 2.97. The lowest BCUT2D eigenvalue weighted by molar-refractivity contribution is 0.287. The van der Waals surface area contributed by atoms with E-state index in [1.54, 1.807) is 13.4 Å². The molecule has 1 aromatic carbocycles. The minimum Gasteiger partial charge on any atom is -0.497 e. The quantitative estimate of drug-likeness (QED) is 0.800. The first kappa shape index (κ1) is 12.9. The van der Waals surface area contributed by atoms with Gasteiger partial charge in [0.2, 0.25) is 5.89 Å². The summed E-state index contributed by atoms with van der Waals surface area (Å²) in [6.07, 6.45) is 7.29. The van der Waals surface area contributed by atoms with E-state index in [1.807, 2.05) is 24.3 Å². The highest BCUT2D eigenvalue weighted by atomic mass is 16.5. The highest BCUT2D eigenvalue weighted by Gasteiger charge is 2.11. The third-order valence-corrected chi connectivity index (χ3v) is 3.42. The Morgan fingerprint density at radius 3 is 2.80 bits per heavy atom. The molecule has 0 spiro atoms. The minimum absolute atomic E-state index is 0.662. The van der Waals surface area contributed by atoms with Gasteiger partial charge >= 0.3 is 0 Å². The van der Waals surface area contributed by atoms with Gasteiger partial charge in [0, 0.05) is 25.2 Å². The summed E-state index contributed by atoms with van der Waals surface area (Å²) < 4.78 is 10.7. The molecule has 0 fully saturated rings. The summed E-state index contributed by atoms with van der Waals surface area (Å²) in [6, 6.07) is 7.74. The molecule has 0 saturated carbocycles. The fourth-order valence-electron chi connectivity index (χ4n) is 2.31. The molecule has 0 radical (unpaired) electrons. The van der Waals surface area contributed by atoms with Gasteiger partial charge in [-0.3, -0.25) is 4.90 Å². The molecule has 0 atom stereocenters. The number of benzene rings is 1. The van der Waals surface area contributed by atoms with Crippen LogP contribution in [0.3, 0.4) is 0 Å². The van der Waals surface area contributed by atoms with Gasteiger partial charge in [0.15, 0.2) is 0 Å². The van der Waals surface area contributed by atoms with Crippen LogP contribution >= 0.6 is 0 Å². The highest BCUT2D eigenvalue weighted by molar-refractivity contribution is 5.54. The maximum atomic E-state index is 5.57. The summed E-state index contributed by atoms with van der Waals surface area (Å²) in [5.41, 5.74) is 1.95. The third-order valence-electron chi connectivity index (χ3n) is 3.42. The van der Waals surface area contributed by atoms with Crippen LogP contribution in [0.25, 0.3) is 11.5 Å². The lowest BCUT2D eigenvalue weighted by Crippen LogP contribution is -2.26. The summed E-state index contributed by atoms with van der Waals surface area (Å²) in [5.74, 6) is 1.50. The predicted octanol–water partition coefficient (Wildman–Crippen LogP) is 3.11. The second-order valence-electron chi connectivity index (χ2n) is 4.87. The van der Waals surface area contributed by atoms with Crippen molar-refractivity contribution in [2.75, 3.05) is 20.2 Å². The van der Waals surface area contributed by atoms with Crippen molar-refractivity contribution in [1.29, 1.82) is 0 Å². The second-order valence-corrected chi connectivity index (χ2v) is 4.87. The van der Waals surface area contributed by atoms with E-state index in [1.165, 1.54) is 0 Å². The van der Waals surface area contributed by atoms with E-state index in [4.69, 9.17) is 9.15 Å². The first-order valence-electron chi connectivity index (χ1n) is 6.81. The van der Waals surface area contributed by atoms with Crippen molar-refractivity contribution in [3.05, 3.63) is 48.4 Å². The van der Waals surface area contributed by atoms with Crippen LogP contribution in [0.5, 0.6) is 5.75 Å². The molecular formula is C16H18N2O2. The molecule has 0 unspecified atom stereocenters. The molecule has 0 N–H and O–H groups in total. The normalized spacial score (nSPS) is 15.4. The van der Waals surface area contributed by atoms with Crippen molar-refractivity contribution in [2.45, 2.75) is 13.0 Å². The molecule has 4 heteroatoms. The van der Waals surface area contributed by atoms with Gasteiger partial charge in [-0.25, -0.2) is 4.98 Å². The van der Waals surface area contributed by atoms with Crippen LogP contribution in [0.4, 0.5) is 0 Å². The first-order valence-corrected chi connectivity index (χ1v) is 6.81. The van der Waals surface area contributed by atoms with Gasteiger partial charge in [-0.2, -0.15) is 0 Å². The smallest absolute Gasteiger partial charge is 0.226 e. The van der Waals surface area contributed by atoms with Crippen LogP contribution < -0.4 is 4.74 Å². The summed E-state index contributed by atoms with van der Waals surface area (Å²) in [4.78, 5) is 6.91. The highest BCUT2D eigenvalue weighted by Crippen LogP contribution is 2.22. The van der Waals surface area contributed by atoms with Gasteiger partial charge in [0.25, 0.3) is 0 Å². The molecule has 2 aromatic rings. The SMILES string of the molecule is COc1ccc(-c2nc(CN3CC=CCC3)co2)cc1. The Hall–Kier alpha value is -2.07. The van der Waals surface area contributed by atoms with E-state index in [9.17, 15) is 0 Å². The second kappa shape index (κ2) is 5.92. The number of methoxy groups -OCH3 is 1. The first-order chi connectivity index (χ1) is 9.85. The molecule has 104 valence electrons. The molecule has 1 aromatic heterocycles. The molecule has 2 heterocycles. The number of aromatic nitrogens is 1. The van der Waals surface area contributed by atoms with Crippen LogP contribution in [0.2, 0.25) is 0 Å². The fourth-order valence-corrected chi connectivity index (χ4v) is 2.31. The van der Waals surface area contributed by atoms with Crippen LogP contribution in [-0.2, 0) is 6.54 Å². The third kappa shape index (κ3) is 2.91. The Balaban J connectivity index is 1.70. The van der Waals surface area contributed by atoms with Crippen molar-refractivity contribution in [3.8, 4) is 17.2 Å². The summed E-state index contributed by atoms with van der Waals surface area (Å²) in [7, 11) is 1.66. The monoisotopic (exact) mass is 270 g/mol. The number of rotatable bonds is 4. The van der Waals surface area contributed by atoms with Crippen molar-refractivity contribution in [1.82, 2.24) is 9.88 Å². The van der Waals surface area contributed by atoms with Crippen LogP contribution in [-0.4, -0.2) is 30.1 Å². The molecule has 1 aliphatic rings. The van der Waals surface area contributed by atoms with Crippen LogP contribution in [0.1, 0.15) is 12.1 Å². The van der Waals surface area contributed by atoms with E-state index in [0.29, 0.717) is 5.89 Å². The Morgan fingerprint density at radius 1 is 1.25 bits per heavy atom. The lowest BCUT2D eigenvalue weighted by Gasteiger charge is -2.21. The van der Waals surface area contributed by atoms with E-state index in [-0.39, 0.29) is 0 Å². The number of nitrogens with zero attached hydrogens (tertiary/aromatic N) is 2. The van der Waals surface area contributed by atoms with Gasteiger partial charge in [-0.15, -0.1) is 0 Å². The molecule has 0 bridgehead atoms. The van der Waals surface area contributed by atoms with Crippen molar-refractivity contribution in [3.63, 3.8) is 0 Å². The summed E-state index contributed by atoms with van der Waals surface area (Å²) in [6.45, 7) is 2.91. The summed E-state index contributed by atoms with van der Waals surface area (Å²) >= 11 is 0. The molecule has 20 heavy (non-hydrogen) atoms. The van der Waals surface area contributed by atoms with Gasteiger partial charge in [0.1, 0.15) is 12.0 Å². The minimum atomic E-state index is 0.662. The maximum Gasteiger partial charge on any atom is 0.226 e. The maximum absolute atomic E-state index is 5.57. The Labute approximate surface area is 118 Å². The number of hydrogen-bond donors (Lipinski definition) is 0. The Bertz CT molecular complexity index is 587. The lowest BCUT2D eigenvalue weighted by atomic mass is 10.2. The standard InChI is InChI=1S/C16H18N2O2/c1-19-15-7-5-13(6-8-15)16-17-14(12-20-16)11-18-9-3-2-4-10-18/h2-3,5-8,12H,4,9-11H2,1H3. The molecular weight excluding hydrogens is 252 g/mol. The predicted molar refractivity (Wildman–Crippen MR) is 77.5 cm³/mol. The largest absolute Gasteiger partial charge is 0.497 e. The number of ether oxygens (including phenoxy) is 1. The molecule has 3 rings (SSSR count). The average molecular weight is 270 g/mol. The van der Waals surface area contributed by atoms with Crippen molar-refractivity contribution < 1.29 is 9.15 Å². The van der Waals surface area contributed by atoms with Crippen LogP contribution in [0, 0.1) is 0 Å². The van der Waals surface area contributed by atoms with Crippen LogP contribution in [0.15, 0.2) is 47.1 Å². The fraction of sp³-hybridized carbons (Fsp3) is 0.312. The van der Waals surface area contributed by atoms with Gasteiger partial charge < -0.3 is 9.15 Å². The van der Waals surface area contributed by atoms with Gasteiger partial charge in [-0.05, 0) is 30.7 Å². The molecule has 0 amide bonds.